The number of halogens is 3. The number of benzene rings is 2. The molecular weight excluding hydrogens is 575 g/mol. The van der Waals surface area contributed by atoms with Crippen LogP contribution in [-0.4, -0.2) is 74.7 Å². The summed E-state index contributed by atoms with van der Waals surface area (Å²) >= 11 is 0. The van der Waals surface area contributed by atoms with Gasteiger partial charge in [-0.05, 0) is 83.4 Å². The number of hydrogen-bond donors (Lipinski definition) is 0. The fourth-order valence-electron chi connectivity index (χ4n) is 6.39. The van der Waals surface area contributed by atoms with Crippen molar-refractivity contribution in [1.82, 2.24) is 24.8 Å². The summed E-state index contributed by atoms with van der Waals surface area (Å²) in [6.45, 7) is 11.4. The highest BCUT2D eigenvalue weighted by Gasteiger charge is 2.56. The van der Waals surface area contributed by atoms with Gasteiger partial charge in [0.1, 0.15) is 17.0 Å². The molecule has 3 heterocycles. The number of methoxy groups -OCH3 is 1. The van der Waals surface area contributed by atoms with E-state index in [0.29, 0.717) is 17.9 Å². The van der Waals surface area contributed by atoms with Gasteiger partial charge in [0.05, 0.1) is 19.9 Å². The molecule has 3 aromatic rings. The van der Waals surface area contributed by atoms with Crippen molar-refractivity contribution in [2.75, 3.05) is 26.7 Å². The molecule has 2 aromatic carbocycles. The minimum absolute atomic E-state index is 0.0162. The third-order valence-electron chi connectivity index (χ3n) is 8.79. The first kappa shape index (κ1) is 31.3. The molecule has 12 heteroatoms. The lowest BCUT2D eigenvalue weighted by molar-refractivity contribution is -0.144. The average Bonchev–Trinajstić information content (AvgIpc) is 3.68. The molecule has 2 saturated heterocycles. The Morgan fingerprint density at radius 3 is 2.36 bits per heavy atom. The van der Waals surface area contributed by atoms with Crippen molar-refractivity contribution >= 4 is 12.0 Å². The predicted molar refractivity (Wildman–Crippen MR) is 157 cm³/mol. The molecule has 0 aliphatic carbocycles. The van der Waals surface area contributed by atoms with Crippen molar-refractivity contribution in [2.24, 2.45) is 0 Å². The maximum absolute atomic E-state index is 14.7. The third-order valence-corrected chi connectivity index (χ3v) is 8.79. The zero-order chi connectivity index (χ0) is 32.2. The first-order valence-corrected chi connectivity index (χ1v) is 14.6. The molecule has 2 aliphatic heterocycles. The van der Waals surface area contributed by atoms with Crippen LogP contribution in [0.2, 0.25) is 0 Å². The molecule has 0 N–H and O–H groups in total. The van der Waals surface area contributed by atoms with Crippen LogP contribution in [0.4, 0.5) is 18.0 Å². The normalized spacial score (nSPS) is 21.5. The summed E-state index contributed by atoms with van der Waals surface area (Å²) in [6, 6.07) is 7.58. The van der Waals surface area contributed by atoms with Crippen molar-refractivity contribution in [1.29, 1.82) is 0 Å². The number of aryl methyl sites for hydroxylation is 1. The Kier molecular flexibility index (Phi) is 7.92. The Balaban J connectivity index is 1.54. The first-order chi connectivity index (χ1) is 20.6. The molecule has 0 bridgehead atoms. The second-order valence-corrected chi connectivity index (χ2v) is 13.2. The van der Waals surface area contributed by atoms with Gasteiger partial charge >= 0.3 is 6.09 Å². The van der Waals surface area contributed by atoms with Crippen LogP contribution >= 0.6 is 0 Å². The fraction of sp³-hybridized carbons (Fsp3) is 0.500. The van der Waals surface area contributed by atoms with Gasteiger partial charge < -0.3 is 19.3 Å². The lowest BCUT2D eigenvalue weighted by Gasteiger charge is -2.41. The molecule has 2 amide bonds. The quantitative estimate of drug-likeness (QED) is 0.338. The molecule has 236 valence electrons. The van der Waals surface area contributed by atoms with E-state index in [2.05, 4.69) is 10.3 Å². The van der Waals surface area contributed by atoms with Crippen molar-refractivity contribution < 1.29 is 32.2 Å². The SMILES string of the molecule is COc1ccc(C)c(-c2cn(C3(C(=O)N4CCC(c5cc(F)c(F)c(F)c5)C4(C)C)CCN(C(=O)OC(C)(C)C)C3)nn2)c1. The van der Waals surface area contributed by atoms with E-state index in [1.807, 2.05) is 39.0 Å². The van der Waals surface area contributed by atoms with Crippen molar-refractivity contribution in [3.63, 3.8) is 0 Å². The molecule has 0 radical (unpaired) electrons. The van der Waals surface area contributed by atoms with Gasteiger partial charge in [-0.25, -0.2) is 22.6 Å². The molecule has 2 atom stereocenters. The standard InChI is InChI=1S/C32H38F3N5O4/c1-19-8-9-21(43-7)16-22(19)26-17-40(37-36-26)32(11-13-38(18-32)29(42)44-30(2,3)4)28(41)39-12-10-23(31(39,5)6)20-14-24(33)27(35)25(34)15-20/h8-9,14-17,23H,10-13,18H2,1-7H3. The first-order valence-electron chi connectivity index (χ1n) is 14.6. The topological polar surface area (TPSA) is 89.8 Å². The van der Waals surface area contributed by atoms with Crippen LogP contribution in [0.25, 0.3) is 11.3 Å². The molecule has 2 aliphatic rings. The Labute approximate surface area is 254 Å². The summed E-state index contributed by atoms with van der Waals surface area (Å²) in [5.41, 5.74) is -0.466. The van der Waals surface area contributed by atoms with Crippen molar-refractivity contribution in [3.8, 4) is 17.0 Å². The minimum atomic E-state index is -1.53. The van der Waals surface area contributed by atoms with Crippen LogP contribution in [0.1, 0.15) is 64.5 Å². The number of ether oxygens (including phenoxy) is 2. The zero-order valence-electron chi connectivity index (χ0n) is 26.1. The van der Waals surface area contributed by atoms with E-state index in [1.165, 1.54) is 9.58 Å². The lowest BCUT2D eigenvalue weighted by atomic mass is 9.82. The smallest absolute Gasteiger partial charge is 0.410 e. The highest BCUT2D eigenvalue weighted by molar-refractivity contribution is 5.87. The van der Waals surface area contributed by atoms with Crippen LogP contribution in [0.15, 0.2) is 36.5 Å². The van der Waals surface area contributed by atoms with Gasteiger partial charge in [-0.1, -0.05) is 11.3 Å². The van der Waals surface area contributed by atoms with E-state index >= 15 is 0 Å². The van der Waals surface area contributed by atoms with Crippen molar-refractivity contribution in [2.45, 2.75) is 77.0 Å². The van der Waals surface area contributed by atoms with Crippen LogP contribution in [0.5, 0.6) is 5.75 Å². The summed E-state index contributed by atoms with van der Waals surface area (Å²) in [6.07, 6.45) is 1.79. The summed E-state index contributed by atoms with van der Waals surface area (Å²) in [4.78, 5) is 31.1. The average molecular weight is 614 g/mol. The van der Waals surface area contributed by atoms with Gasteiger partial charge in [-0.3, -0.25) is 4.79 Å². The number of likely N-dealkylation sites (tertiary alicyclic amines) is 2. The largest absolute Gasteiger partial charge is 0.497 e. The van der Waals surface area contributed by atoms with Crippen LogP contribution in [-0.2, 0) is 15.1 Å². The Morgan fingerprint density at radius 1 is 1.05 bits per heavy atom. The van der Waals surface area contributed by atoms with E-state index in [1.54, 1.807) is 39.0 Å². The van der Waals surface area contributed by atoms with E-state index in [0.717, 1.165) is 23.3 Å². The van der Waals surface area contributed by atoms with Crippen LogP contribution in [0, 0.1) is 24.4 Å². The highest BCUT2D eigenvalue weighted by atomic mass is 19.2. The second kappa shape index (κ2) is 11.1. The molecule has 5 rings (SSSR count). The van der Waals surface area contributed by atoms with E-state index in [9.17, 15) is 22.8 Å². The highest BCUT2D eigenvalue weighted by Crippen LogP contribution is 2.45. The monoisotopic (exact) mass is 613 g/mol. The van der Waals surface area contributed by atoms with Gasteiger partial charge in [0.2, 0.25) is 0 Å². The number of nitrogens with zero attached hydrogens (tertiary/aromatic N) is 5. The number of carbonyl (C=O) groups excluding carboxylic acids is 2. The third kappa shape index (κ3) is 5.50. The second-order valence-electron chi connectivity index (χ2n) is 13.2. The van der Waals surface area contributed by atoms with Crippen molar-refractivity contribution in [3.05, 3.63) is 65.1 Å². The number of amides is 2. The predicted octanol–water partition coefficient (Wildman–Crippen LogP) is 5.81. The number of carbonyl (C=O) groups is 2. The van der Waals surface area contributed by atoms with Gasteiger partial charge in [0.25, 0.3) is 5.91 Å². The number of rotatable bonds is 5. The Morgan fingerprint density at radius 2 is 1.73 bits per heavy atom. The Hall–Kier alpha value is -4.09. The van der Waals surface area contributed by atoms with Crippen LogP contribution < -0.4 is 4.74 Å². The molecule has 2 fully saturated rings. The number of aromatic nitrogens is 3. The van der Waals surface area contributed by atoms with Gasteiger partial charge in [-0.15, -0.1) is 5.10 Å². The van der Waals surface area contributed by atoms with Gasteiger partial charge in [0.15, 0.2) is 23.0 Å². The fourth-order valence-corrected chi connectivity index (χ4v) is 6.39. The molecule has 44 heavy (non-hydrogen) atoms. The van der Waals surface area contributed by atoms with Gasteiger partial charge in [0, 0.05) is 36.5 Å². The maximum Gasteiger partial charge on any atom is 0.410 e. The van der Waals surface area contributed by atoms with E-state index < -0.39 is 46.1 Å². The molecule has 0 saturated carbocycles. The van der Waals surface area contributed by atoms with Crippen LogP contribution in [0.3, 0.4) is 0 Å². The summed E-state index contributed by atoms with van der Waals surface area (Å²) in [7, 11) is 1.57. The molecule has 2 unspecified atom stereocenters. The summed E-state index contributed by atoms with van der Waals surface area (Å²) in [5.74, 6) is -4.22. The molecule has 0 spiro atoms. The number of hydrogen-bond acceptors (Lipinski definition) is 6. The molecular formula is C32H38F3N5O4. The minimum Gasteiger partial charge on any atom is -0.497 e. The maximum atomic E-state index is 14.7. The molecule has 1 aromatic heterocycles. The summed E-state index contributed by atoms with van der Waals surface area (Å²) < 4.78 is 54.7. The van der Waals surface area contributed by atoms with Gasteiger partial charge in [-0.2, -0.15) is 0 Å². The van der Waals surface area contributed by atoms with E-state index in [4.69, 9.17) is 9.47 Å². The Bertz CT molecular complexity index is 1580. The van der Waals surface area contributed by atoms with E-state index in [-0.39, 0.29) is 37.5 Å². The molecule has 9 nitrogen and oxygen atoms in total. The lowest BCUT2D eigenvalue weighted by Crippen LogP contribution is -2.57. The zero-order valence-corrected chi connectivity index (χ0v) is 26.1. The summed E-state index contributed by atoms with van der Waals surface area (Å²) in [5, 5.41) is 8.83.